The van der Waals surface area contributed by atoms with Crippen LogP contribution in [0, 0.1) is 11.3 Å². The molecule has 0 spiro atoms. The van der Waals surface area contributed by atoms with E-state index in [1.54, 1.807) is 6.07 Å². The molecule has 2 aliphatic heterocycles. The number of hydrogen-bond donors (Lipinski definition) is 3. The van der Waals surface area contributed by atoms with Crippen LogP contribution in [0.2, 0.25) is 0 Å². The van der Waals surface area contributed by atoms with Gasteiger partial charge in [-0.2, -0.15) is 14.6 Å². The molecule has 4 N–H and O–H groups in total. The van der Waals surface area contributed by atoms with Gasteiger partial charge in [0.1, 0.15) is 42.1 Å². The lowest BCUT2D eigenvalue weighted by Crippen LogP contribution is -2.71. The fraction of sp³-hybridized carbons (Fsp3) is 0.238. The molecule has 188 valence electrons. The Hall–Kier alpha value is -4.49. The van der Waals surface area contributed by atoms with Gasteiger partial charge in [0.15, 0.2) is 5.13 Å². The van der Waals surface area contributed by atoms with Crippen LogP contribution in [-0.2, 0) is 25.8 Å². The fourth-order valence-corrected chi connectivity index (χ4v) is 5.81. The van der Waals surface area contributed by atoms with Crippen molar-refractivity contribution < 1.29 is 28.9 Å². The van der Waals surface area contributed by atoms with Crippen LogP contribution < -0.4 is 15.6 Å². The predicted octanol–water partition coefficient (Wildman–Crippen LogP) is -0.656. The molecule has 1 fully saturated rings. The number of pyridine rings is 1. The van der Waals surface area contributed by atoms with Gasteiger partial charge in [0.2, 0.25) is 18.1 Å². The van der Waals surface area contributed by atoms with Gasteiger partial charge >= 0.3 is 5.97 Å². The summed E-state index contributed by atoms with van der Waals surface area (Å²) in [4.78, 5) is 48.1. The Morgan fingerprint density at radius 2 is 2.24 bits per heavy atom. The van der Waals surface area contributed by atoms with E-state index in [4.69, 9.17) is 15.8 Å². The van der Waals surface area contributed by atoms with E-state index >= 15 is 0 Å². The van der Waals surface area contributed by atoms with Gasteiger partial charge in [-0.05, 0) is 6.07 Å². The van der Waals surface area contributed by atoms with Crippen LogP contribution in [0.3, 0.4) is 0 Å². The van der Waals surface area contributed by atoms with Crippen LogP contribution in [0.4, 0.5) is 5.13 Å². The molecule has 1 saturated heterocycles. The third-order valence-electron chi connectivity index (χ3n) is 5.62. The molecule has 0 radical (unpaired) electrons. The van der Waals surface area contributed by atoms with Gasteiger partial charge in [-0.3, -0.25) is 14.5 Å². The van der Waals surface area contributed by atoms with Crippen LogP contribution in [0.15, 0.2) is 53.2 Å². The number of carboxylic acids is 1. The van der Waals surface area contributed by atoms with Crippen LogP contribution in [0.5, 0.6) is 0 Å². The van der Waals surface area contributed by atoms with E-state index in [0.29, 0.717) is 11.3 Å². The van der Waals surface area contributed by atoms with Crippen molar-refractivity contribution >= 4 is 57.6 Å². The lowest BCUT2D eigenvalue weighted by molar-refractivity contribution is -0.662. The standard InChI is InChI=1S/C21H17N9O5S2/c22-4-8-35-26-13(16-25-21(23)37-27-16)17(31)24-14-18(32)30-15(20(33)34)11(10-36-19(14)30)9-29-7-6-28-5-2-1-3-12(28)29/h1-3,5-7,14,19H,8-10H2,(H3-,23,24,25,27,31,33,34)/p+1/b26-13-/t14-,19+/m1/s1. The second kappa shape index (κ2) is 9.87. The number of nitriles is 1. The lowest BCUT2D eigenvalue weighted by atomic mass is 10.0. The third kappa shape index (κ3) is 4.45. The van der Waals surface area contributed by atoms with Gasteiger partial charge in [-0.15, -0.1) is 11.8 Å². The Morgan fingerprint density at radius 3 is 2.97 bits per heavy atom. The molecule has 37 heavy (non-hydrogen) atoms. The largest absolute Gasteiger partial charge is 0.477 e. The van der Waals surface area contributed by atoms with E-state index in [1.165, 1.54) is 16.7 Å². The summed E-state index contributed by atoms with van der Waals surface area (Å²) in [6.07, 6.45) is 5.59. The SMILES string of the molecule is N#CCO/N=C(\C(=O)N[C@@H]1C(=O)N2C(C(=O)O)=C(C[n+]3ccn4ccccc43)CS[C@@H]12)c1nsc(N)n1. The lowest BCUT2D eigenvalue weighted by Gasteiger charge is -2.49. The van der Waals surface area contributed by atoms with E-state index in [9.17, 15) is 19.5 Å². The molecule has 0 aliphatic carbocycles. The van der Waals surface area contributed by atoms with Crippen molar-refractivity contribution in [3.8, 4) is 6.07 Å². The summed E-state index contributed by atoms with van der Waals surface area (Å²) in [6.45, 7) is -0.137. The van der Waals surface area contributed by atoms with E-state index in [0.717, 1.165) is 17.2 Å². The van der Waals surface area contributed by atoms with Crippen molar-refractivity contribution in [1.82, 2.24) is 24.0 Å². The smallest absolute Gasteiger partial charge is 0.352 e. The number of carbonyl (C=O) groups is 3. The fourth-order valence-electron chi connectivity index (χ4n) is 4.04. The number of oxime groups is 1. The molecule has 3 aromatic heterocycles. The van der Waals surface area contributed by atoms with Crippen LogP contribution >= 0.6 is 23.3 Å². The molecule has 2 amide bonds. The average molecular weight is 541 g/mol. The number of aromatic nitrogens is 4. The van der Waals surface area contributed by atoms with Crippen molar-refractivity contribution in [1.29, 1.82) is 5.26 Å². The zero-order chi connectivity index (χ0) is 26.1. The summed E-state index contributed by atoms with van der Waals surface area (Å²) in [7, 11) is 0. The number of nitrogen functional groups attached to an aromatic ring is 1. The second-order valence-corrected chi connectivity index (χ2v) is 9.73. The summed E-state index contributed by atoms with van der Waals surface area (Å²) in [5.41, 5.74) is 6.58. The molecule has 5 heterocycles. The minimum absolute atomic E-state index is 0.0853. The van der Waals surface area contributed by atoms with Gasteiger partial charge in [-0.1, -0.05) is 11.2 Å². The van der Waals surface area contributed by atoms with Crippen molar-refractivity contribution in [2.24, 2.45) is 5.16 Å². The molecular weight excluding hydrogens is 522 g/mol. The van der Waals surface area contributed by atoms with E-state index in [1.807, 2.05) is 45.8 Å². The number of imidazole rings is 1. The predicted molar refractivity (Wildman–Crippen MR) is 130 cm³/mol. The van der Waals surface area contributed by atoms with Gasteiger partial charge in [0, 0.05) is 28.9 Å². The van der Waals surface area contributed by atoms with E-state index < -0.39 is 35.8 Å². The first-order valence-corrected chi connectivity index (χ1v) is 12.5. The number of nitrogens with zero attached hydrogens (tertiary/aromatic N) is 7. The van der Waals surface area contributed by atoms with Crippen molar-refractivity contribution in [2.75, 3.05) is 18.1 Å². The zero-order valence-electron chi connectivity index (χ0n) is 18.8. The van der Waals surface area contributed by atoms with Gasteiger partial charge in [0.25, 0.3) is 17.5 Å². The van der Waals surface area contributed by atoms with Crippen LogP contribution in [0.1, 0.15) is 5.82 Å². The monoisotopic (exact) mass is 540 g/mol. The topological polar surface area (TPSA) is 192 Å². The Bertz CT molecular complexity index is 1520. The minimum atomic E-state index is -1.23. The maximum Gasteiger partial charge on any atom is 0.352 e. The highest BCUT2D eigenvalue weighted by Crippen LogP contribution is 2.40. The van der Waals surface area contributed by atoms with Crippen molar-refractivity contribution in [3.05, 3.63) is 53.9 Å². The first-order chi connectivity index (χ1) is 17.9. The molecule has 0 bridgehead atoms. The normalized spacial score (nSPS) is 19.3. The number of carboxylic acid groups (broad SMARTS) is 1. The molecule has 0 saturated carbocycles. The van der Waals surface area contributed by atoms with Gasteiger partial charge in [-0.25, -0.2) is 13.8 Å². The van der Waals surface area contributed by atoms with Gasteiger partial charge in [0.05, 0.1) is 6.20 Å². The number of thioether (sulfide) groups is 1. The summed E-state index contributed by atoms with van der Waals surface area (Å²) < 4.78 is 7.74. The molecule has 5 rings (SSSR count). The van der Waals surface area contributed by atoms with Crippen molar-refractivity contribution in [2.45, 2.75) is 18.0 Å². The summed E-state index contributed by atoms with van der Waals surface area (Å²) in [5, 5.41) is 24.3. The van der Waals surface area contributed by atoms with Crippen LogP contribution in [-0.4, -0.2) is 71.0 Å². The van der Waals surface area contributed by atoms with Gasteiger partial charge < -0.3 is 21.0 Å². The quantitative estimate of drug-likeness (QED) is 0.109. The first kappa shape index (κ1) is 24.2. The third-order valence-corrected chi connectivity index (χ3v) is 7.50. The number of amides is 2. The van der Waals surface area contributed by atoms with Crippen LogP contribution in [0.25, 0.3) is 5.65 Å². The summed E-state index contributed by atoms with van der Waals surface area (Å²) in [5.74, 6) is -2.40. The summed E-state index contributed by atoms with van der Waals surface area (Å²) in [6, 6.07) is 6.39. The highest BCUT2D eigenvalue weighted by Gasteiger charge is 2.54. The van der Waals surface area contributed by atoms with E-state index in [2.05, 4.69) is 19.8 Å². The Kier molecular flexibility index (Phi) is 6.46. The Balaban J connectivity index is 1.36. The minimum Gasteiger partial charge on any atom is -0.477 e. The highest BCUT2D eigenvalue weighted by molar-refractivity contribution is 8.00. The maximum absolute atomic E-state index is 13.1. The summed E-state index contributed by atoms with van der Waals surface area (Å²) >= 11 is 2.18. The Labute approximate surface area is 216 Å². The second-order valence-electron chi connectivity index (χ2n) is 7.84. The number of hydrogen-bond acceptors (Lipinski definition) is 11. The number of fused-ring (bicyclic) bond motifs is 2. The molecule has 0 unspecified atom stereocenters. The maximum atomic E-state index is 13.1. The number of nitrogens with two attached hydrogens (primary N) is 1. The number of aliphatic carboxylic acids is 1. The molecule has 3 aromatic rings. The number of anilines is 1. The molecule has 2 aliphatic rings. The van der Waals surface area contributed by atoms with Crippen molar-refractivity contribution in [3.63, 3.8) is 0 Å². The number of rotatable bonds is 8. The number of carbonyl (C=O) groups excluding carboxylic acids is 2. The number of nitrogens with one attached hydrogen (secondary N) is 1. The molecule has 2 atom stereocenters. The highest BCUT2D eigenvalue weighted by atomic mass is 32.2. The Morgan fingerprint density at radius 1 is 1.41 bits per heavy atom. The number of β-lactam (4-membered cyclic amide) rings is 1. The average Bonchev–Trinajstić information content (AvgIpc) is 3.50. The molecule has 0 aromatic carbocycles. The molecule has 14 nitrogen and oxygen atoms in total. The zero-order valence-corrected chi connectivity index (χ0v) is 20.5. The first-order valence-electron chi connectivity index (χ1n) is 10.7. The molecular formula is C21H18N9O5S2+. The molecule has 16 heteroatoms. The van der Waals surface area contributed by atoms with E-state index in [-0.39, 0.29) is 28.9 Å².